The molecule has 0 aliphatic carbocycles. The molecule has 0 saturated carbocycles. The first-order valence-corrected chi connectivity index (χ1v) is 10.1. The third kappa shape index (κ3) is 3.75. The molecule has 1 heterocycles. The molecule has 24 heavy (non-hydrogen) atoms. The summed E-state index contributed by atoms with van der Waals surface area (Å²) in [5.41, 5.74) is 3.27. The molecule has 6 nitrogen and oxygen atoms in total. The van der Waals surface area contributed by atoms with Crippen molar-refractivity contribution in [2.24, 2.45) is 0 Å². The Labute approximate surface area is 153 Å². The van der Waals surface area contributed by atoms with Crippen LogP contribution in [0.3, 0.4) is 0 Å². The molecular weight excluding hydrogens is 439 g/mol. The van der Waals surface area contributed by atoms with Crippen molar-refractivity contribution in [3.8, 4) is 0 Å². The molecule has 0 saturated heterocycles. The molecule has 3 aromatic rings. The summed E-state index contributed by atoms with van der Waals surface area (Å²) in [4.78, 5) is 8.67. The van der Waals surface area contributed by atoms with Crippen LogP contribution in [0.1, 0.15) is 5.56 Å². The largest absolute Gasteiger partial charge is 0.340 e. The van der Waals surface area contributed by atoms with Gasteiger partial charge in [-0.3, -0.25) is 4.72 Å². The summed E-state index contributed by atoms with van der Waals surface area (Å²) in [6, 6.07) is 11.0. The van der Waals surface area contributed by atoms with Gasteiger partial charge in [0, 0.05) is 14.6 Å². The summed E-state index contributed by atoms with van der Waals surface area (Å²) in [6.45, 7) is 2.04. The van der Waals surface area contributed by atoms with E-state index < -0.39 is 10.0 Å². The highest BCUT2D eigenvalue weighted by Gasteiger charge is 2.09. The minimum Gasteiger partial charge on any atom is -0.340 e. The van der Waals surface area contributed by atoms with Gasteiger partial charge in [0.15, 0.2) is 0 Å². The maximum Gasteiger partial charge on any atom is 0.229 e. The number of nitrogens with zero attached hydrogens (tertiary/aromatic N) is 2. The lowest BCUT2D eigenvalue weighted by Crippen LogP contribution is -2.09. The first-order valence-electron chi connectivity index (χ1n) is 7.08. The SMILES string of the molecule is Cc1ccc2c(Nc3cccc(NS(C)(=O)=O)c3)ncnc2c1I. The topological polar surface area (TPSA) is 84.0 Å². The van der Waals surface area contributed by atoms with Crippen LogP contribution < -0.4 is 10.0 Å². The minimum atomic E-state index is -3.32. The normalized spacial score (nSPS) is 11.5. The van der Waals surface area contributed by atoms with E-state index in [9.17, 15) is 8.42 Å². The number of hydrogen-bond acceptors (Lipinski definition) is 5. The van der Waals surface area contributed by atoms with E-state index in [0.29, 0.717) is 11.5 Å². The van der Waals surface area contributed by atoms with Crippen LogP contribution in [0, 0.1) is 10.5 Å². The van der Waals surface area contributed by atoms with Gasteiger partial charge in [-0.25, -0.2) is 18.4 Å². The summed E-state index contributed by atoms with van der Waals surface area (Å²) in [7, 11) is -3.32. The lowest BCUT2D eigenvalue weighted by molar-refractivity contribution is 0.607. The molecule has 0 amide bonds. The lowest BCUT2D eigenvalue weighted by atomic mass is 10.1. The van der Waals surface area contributed by atoms with Crippen LogP contribution in [0.2, 0.25) is 0 Å². The molecule has 0 unspecified atom stereocenters. The molecule has 2 aromatic carbocycles. The van der Waals surface area contributed by atoms with E-state index in [0.717, 1.165) is 32.0 Å². The molecular formula is C16H15IN4O2S. The third-order valence-electron chi connectivity index (χ3n) is 3.37. The predicted octanol–water partition coefficient (Wildman–Crippen LogP) is 3.66. The minimum absolute atomic E-state index is 0.492. The maximum absolute atomic E-state index is 11.4. The highest BCUT2D eigenvalue weighted by Crippen LogP contribution is 2.28. The van der Waals surface area contributed by atoms with E-state index in [1.807, 2.05) is 25.1 Å². The number of benzene rings is 2. The van der Waals surface area contributed by atoms with E-state index in [1.54, 1.807) is 18.2 Å². The average Bonchev–Trinajstić information content (AvgIpc) is 2.50. The molecule has 3 rings (SSSR count). The van der Waals surface area contributed by atoms with Crippen molar-refractivity contribution in [2.75, 3.05) is 16.3 Å². The van der Waals surface area contributed by atoms with Crippen molar-refractivity contribution < 1.29 is 8.42 Å². The van der Waals surface area contributed by atoms with Crippen LogP contribution in [-0.4, -0.2) is 24.6 Å². The van der Waals surface area contributed by atoms with Crippen molar-refractivity contribution in [2.45, 2.75) is 6.92 Å². The standard InChI is InChI=1S/C16H15IN4O2S/c1-10-6-7-13-15(14(10)17)18-9-19-16(13)20-11-4-3-5-12(8-11)21-24(2,22)23/h3-9,21H,1-2H3,(H,18,19,20). The Balaban J connectivity index is 1.99. The molecule has 2 N–H and O–H groups in total. The quantitative estimate of drug-likeness (QED) is 0.588. The molecule has 0 bridgehead atoms. The van der Waals surface area contributed by atoms with Crippen LogP contribution in [0.5, 0.6) is 0 Å². The molecule has 124 valence electrons. The van der Waals surface area contributed by atoms with E-state index in [4.69, 9.17) is 0 Å². The number of nitrogens with one attached hydrogen (secondary N) is 2. The molecule has 0 aliphatic rings. The summed E-state index contributed by atoms with van der Waals surface area (Å²) in [5, 5.41) is 4.14. The summed E-state index contributed by atoms with van der Waals surface area (Å²) in [6.07, 6.45) is 2.64. The second kappa shape index (κ2) is 6.52. The Morgan fingerprint density at radius 3 is 2.58 bits per heavy atom. The zero-order chi connectivity index (χ0) is 17.3. The molecule has 0 atom stereocenters. The fraction of sp³-hybridized carbons (Fsp3) is 0.125. The number of sulfonamides is 1. The number of rotatable bonds is 4. The van der Waals surface area contributed by atoms with Gasteiger partial charge in [-0.15, -0.1) is 0 Å². The fourth-order valence-electron chi connectivity index (χ4n) is 2.31. The number of anilines is 3. The second-order valence-electron chi connectivity index (χ2n) is 5.39. The van der Waals surface area contributed by atoms with E-state index in [2.05, 4.69) is 42.6 Å². The summed E-state index contributed by atoms with van der Waals surface area (Å²) < 4.78 is 26.3. The van der Waals surface area contributed by atoms with E-state index >= 15 is 0 Å². The highest BCUT2D eigenvalue weighted by atomic mass is 127. The first kappa shape index (κ1) is 16.9. The van der Waals surface area contributed by atoms with Crippen molar-refractivity contribution in [1.29, 1.82) is 0 Å². The second-order valence-corrected chi connectivity index (χ2v) is 8.22. The Morgan fingerprint density at radius 1 is 1.08 bits per heavy atom. The van der Waals surface area contributed by atoms with Crippen molar-refractivity contribution in [1.82, 2.24) is 9.97 Å². The molecule has 0 radical (unpaired) electrons. The van der Waals surface area contributed by atoms with E-state index in [-0.39, 0.29) is 0 Å². The monoisotopic (exact) mass is 454 g/mol. The Kier molecular flexibility index (Phi) is 4.59. The van der Waals surface area contributed by atoms with Gasteiger partial charge in [-0.2, -0.15) is 0 Å². The Morgan fingerprint density at radius 2 is 1.83 bits per heavy atom. The van der Waals surface area contributed by atoms with Crippen molar-refractivity contribution in [3.63, 3.8) is 0 Å². The van der Waals surface area contributed by atoms with Gasteiger partial charge in [-0.1, -0.05) is 12.1 Å². The van der Waals surface area contributed by atoms with Crippen LogP contribution in [0.15, 0.2) is 42.7 Å². The molecule has 8 heteroatoms. The zero-order valence-corrected chi connectivity index (χ0v) is 16.0. The molecule has 0 spiro atoms. The average molecular weight is 454 g/mol. The summed E-state index contributed by atoms with van der Waals surface area (Å²) in [5.74, 6) is 0.675. The Hall–Kier alpha value is -1.94. The van der Waals surface area contributed by atoms with Crippen LogP contribution in [0.4, 0.5) is 17.2 Å². The maximum atomic E-state index is 11.4. The van der Waals surface area contributed by atoms with E-state index in [1.165, 1.54) is 6.33 Å². The zero-order valence-electron chi connectivity index (χ0n) is 13.0. The molecule has 0 fully saturated rings. The third-order valence-corrected chi connectivity index (χ3v) is 5.33. The first-order chi connectivity index (χ1) is 11.3. The molecule has 0 aliphatic heterocycles. The van der Waals surface area contributed by atoms with Gasteiger partial charge in [0.25, 0.3) is 0 Å². The number of fused-ring (bicyclic) bond motifs is 1. The lowest BCUT2D eigenvalue weighted by Gasteiger charge is -2.11. The van der Waals surface area contributed by atoms with Gasteiger partial charge in [0.05, 0.1) is 17.5 Å². The number of aryl methyl sites for hydroxylation is 1. The summed E-state index contributed by atoms with van der Waals surface area (Å²) >= 11 is 2.28. The van der Waals surface area contributed by atoms with Crippen LogP contribution in [-0.2, 0) is 10.0 Å². The van der Waals surface area contributed by atoms with Gasteiger partial charge in [0.1, 0.15) is 12.1 Å². The van der Waals surface area contributed by atoms with Gasteiger partial charge >= 0.3 is 0 Å². The van der Waals surface area contributed by atoms with Gasteiger partial charge in [-0.05, 0) is 59.3 Å². The van der Waals surface area contributed by atoms with Gasteiger partial charge < -0.3 is 5.32 Å². The van der Waals surface area contributed by atoms with Crippen molar-refractivity contribution in [3.05, 3.63) is 51.9 Å². The molecule has 1 aromatic heterocycles. The predicted molar refractivity (Wildman–Crippen MR) is 105 cm³/mol. The van der Waals surface area contributed by atoms with Crippen LogP contribution >= 0.6 is 22.6 Å². The fourth-order valence-corrected chi connectivity index (χ4v) is 3.47. The smallest absolute Gasteiger partial charge is 0.229 e. The highest BCUT2D eigenvalue weighted by molar-refractivity contribution is 14.1. The van der Waals surface area contributed by atoms with Crippen LogP contribution in [0.25, 0.3) is 10.9 Å². The number of hydrogen-bond donors (Lipinski definition) is 2. The van der Waals surface area contributed by atoms with Gasteiger partial charge in [0.2, 0.25) is 10.0 Å². The van der Waals surface area contributed by atoms with Crippen molar-refractivity contribution >= 4 is 60.7 Å². The number of aromatic nitrogens is 2. The Bertz CT molecular complexity index is 1020. The number of halogens is 1.